The van der Waals surface area contributed by atoms with E-state index in [2.05, 4.69) is 20.7 Å². The molecular weight excluding hydrogens is 508 g/mol. The fourth-order valence-electron chi connectivity index (χ4n) is 3.19. The summed E-state index contributed by atoms with van der Waals surface area (Å²) in [5, 5.41) is 11.2. The SMILES string of the molecule is Nc1nc(C(NC(=O)N2CCN(N=Cc3ccco3)C2=O)C(=O)NC2CN(S(=O)(=O)O)C2=O)cs1. The van der Waals surface area contributed by atoms with Gasteiger partial charge in [0.2, 0.25) is 5.91 Å². The van der Waals surface area contributed by atoms with Crippen molar-refractivity contribution in [3.8, 4) is 0 Å². The predicted octanol–water partition coefficient (Wildman–Crippen LogP) is -1.03. The zero-order valence-corrected chi connectivity index (χ0v) is 19.2. The Morgan fingerprint density at radius 1 is 1.37 bits per heavy atom. The van der Waals surface area contributed by atoms with E-state index in [4.69, 9.17) is 14.7 Å². The maximum atomic E-state index is 12.9. The molecule has 2 saturated heterocycles. The lowest BCUT2D eigenvalue weighted by Gasteiger charge is -2.36. The molecule has 0 radical (unpaired) electrons. The number of β-lactam (4-membered cyclic amide) rings is 1. The molecule has 16 nitrogen and oxygen atoms in total. The Hall–Kier alpha value is -4.03. The molecule has 2 fully saturated rings. The number of rotatable bonds is 7. The fourth-order valence-corrected chi connectivity index (χ4v) is 4.47. The van der Waals surface area contributed by atoms with Gasteiger partial charge in [0.05, 0.1) is 37.8 Å². The number of aromatic nitrogens is 1. The number of nitrogens with two attached hydrogens (primary N) is 1. The largest absolute Gasteiger partial charge is 0.463 e. The van der Waals surface area contributed by atoms with Crippen LogP contribution in [0.25, 0.3) is 0 Å². The first-order chi connectivity index (χ1) is 16.5. The first kappa shape index (κ1) is 24.1. The number of amides is 6. The van der Waals surface area contributed by atoms with Crippen LogP contribution in [-0.2, 0) is 19.9 Å². The summed E-state index contributed by atoms with van der Waals surface area (Å²) >= 11 is 0.990. The predicted molar refractivity (Wildman–Crippen MR) is 118 cm³/mol. The zero-order chi connectivity index (χ0) is 25.3. The third-order valence-electron chi connectivity index (χ3n) is 4.95. The maximum Gasteiger partial charge on any atom is 0.362 e. The maximum absolute atomic E-state index is 12.9. The quantitative estimate of drug-likeness (QED) is 0.195. The number of nitrogen functional groups attached to an aromatic ring is 1. The number of carbonyl (C=O) groups is 4. The second-order valence-corrected chi connectivity index (χ2v) is 9.44. The van der Waals surface area contributed by atoms with E-state index in [0.717, 1.165) is 21.2 Å². The van der Waals surface area contributed by atoms with Gasteiger partial charge >= 0.3 is 22.4 Å². The highest BCUT2D eigenvalue weighted by Gasteiger charge is 2.45. The van der Waals surface area contributed by atoms with Crippen LogP contribution < -0.4 is 16.4 Å². The van der Waals surface area contributed by atoms with Gasteiger partial charge in [-0.2, -0.15) is 13.5 Å². The highest BCUT2D eigenvalue weighted by Crippen LogP contribution is 2.21. The number of nitrogens with zero attached hydrogens (tertiary/aromatic N) is 5. The van der Waals surface area contributed by atoms with Crippen molar-refractivity contribution in [3.63, 3.8) is 0 Å². The summed E-state index contributed by atoms with van der Waals surface area (Å²) in [7, 11) is -4.74. The molecule has 2 atom stereocenters. The van der Waals surface area contributed by atoms with Crippen LogP contribution in [0.1, 0.15) is 17.5 Å². The molecule has 4 rings (SSSR count). The van der Waals surface area contributed by atoms with Crippen LogP contribution in [0.15, 0.2) is 33.3 Å². The van der Waals surface area contributed by atoms with Gasteiger partial charge in [0.15, 0.2) is 11.2 Å². The van der Waals surface area contributed by atoms with Gasteiger partial charge in [-0.15, -0.1) is 11.3 Å². The minimum atomic E-state index is -4.74. The van der Waals surface area contributed by atoms with E-state index in [9.17, 15) is 27.6 Å². The van der Waals surface area contributed by atoms with E-state index in [1.165, 1.54) is 17.9 Å². The molecule has 0 spiro atoms. The van der Waals surface area contributed by atoms with Crippen molar-refractivity contribution in [3.05, 3.63) is 35.2 Å². The molecule has 35 heavy (non-hydrogen) atoms. The second kappa shape index (κ2) is 9.31. The molecule has 2 unspecified atom stereocenters. The molecule has 5 N–H and O–H groups in total. The van der Waals surface area contributed by atoms with Crippen molar-refractivity contribution in [1.29, 1.82) is 0 Å². The summed E-state index contributed by atoms with van der Waals surface area (Å²) in [5.74, 6) is -1.56. The summed E-state index contributed by atoms with van der Waals surface area (Å²) in [6.07, 6.45) is 2.74. The number of carbonyl (C=O) groups excluding carboxylic acids is 4. The van der Waals surface area contributed by atoms with Crippen LogP contribution in [-0.4, -0.2) is 87.9 Å². The van der Waals surface area contributed by atoms with E-state index >= 15 is 0 Å². The smallest absolute Gasteiger partial charge is 0.362 e. The Bertz CT molecular complexity index is 1290. The summed E-state index contributed by atoms with van der Waals surface area (Å²) in [5.41, 5.74) is 5.66. The number of hydrogen-bond acceptors (Lipinski definition) is 11. The third kappa shape index (κ3) is 5.08. The lowest BCUT2D eigenvalue weighted by atomic mass is 10.1. The minimum absolute atomic E-state index is 0.0296. The number of hydrogen-bond donors (Lipinski definition) is 4. The molecule has 18 heteroatoms. The third-order valence-corrected chi connectivity index (χ3v) is 6.53. The van der Waals surface area contributed by atoms with Crippen LogP contribution in [0.4, 0.5) is 14.7 Å². The number of imide groups is 1. The van der Waals surface area contributed by atoms with Gasteiger partial charge in [0, 0.05) is 5.38 Å². The summed E-state index contributed by atoms with van der Waals surface area (Å²) < 4.78 is 36.4. The first-order valence-electron chi connectivity index (χ1n) is 9.82. The molecule has 0 aliphatic carbocycles. The van der Waals surface area contributed by atoms with Crippen molar-refractivity contribution < 1.29 is 36.6 Å². The van der Waals surface area contributed by atoms with Crippen molar-refractivity contribution in [2.24, 2.45) is 5.10 Å². The van der Waals surface area contributed by atoms with Crippen molar-refractivity contribution in [1.82, 2.24) is 29.8 Å². The summed E-state index contributed by atoms with van der Waals surface area (Å²) in [4.78, 5) is 55.0. The van der Waals surface area contributed by atoms with Gasteiger partial charge in [0.1, 0.15) is 11.8 Å². The number of furan rings is 1. The monoisotopic (exact) mass is 526 g/mol. The molecular formula is C17H18N8O8S2. The van der Waals surface area contributed by atoms with E-state index in [1.807, 2.05) is 0 Å². The van der Waals surface area contributed by atoms with Crippen LogP contribution in [0.5, 0.6) is 0 Å². The second-order valence-electron chi connectivity index (χ2n) is 7.22. The highest BCUT2D eigenvalue weighted by molar-refractivity contribution is 7.84. The van der Waals surface area contributed by atoms with Crippen molar-refractivity contribution in [2.45, 2.75) is 12.1 Å². The Morgan fingerprint density at radius 2 is 2.14 bits per heavy atom. The fraction of sp³-hybridized carbons (Fsp3) is 0.294. The lowest BCUT2D eigenvalue weighted by Crippen LogP contribution is -2.66. The van der Waals surface area contributed by atoms with Gasteiger partial charge < -0.3 is 20.8 Å². The van der Waals surface area contributed by atoms with Gasteiger partial charge in [-0.1, -0.05) is 0 Å². The zero-order valence-electron chi connectivity index (χ0n) is 17.6. The van der Waals surface area contributed by atoms with Crippen LogP contribution in [0.3, 0.4) is 0 Å². The molecule has 2 aromatic heterocycles. The Morgan fingerprint density at radius 3 is 2.74 bits per heavy atom. The molecule has 0 bridgehead atoms. The average Bonchev–Trinajstić information content (AvgIpc) is 3.53. The molecule has 186 valence electrons. The Balaban J connectivity index is 1.43. The Labute approximate surface area is 201 Å². The number of nitrogens with one attached hydrogen (secondary N) is 2. The normalized spacial score (nSPS) is 19.2. The molecule has 6 amide bonds. The molecule has 0 aromatic carbocycles. The number of urea groups is 2. The standard InChI is InChI=1S/C17H18N8O8S2/c18-15-21-11(8-34-15)12(13(26)20-10-7-25(14(10)27)35(30,31)32)22-16(28)23-3-4-24(17(23)29)19-6-9-2-1-5-33-9/h1-2,5-6,8,10,12H,3-4,7H2,(H2,18,21)(H,20,26)(H,22,28)(H,30,31,32). The Kier molecular flexibility index (Phi) is 6.41. The van der Waals surface area contributed by atoms with E-state index in [-0.39, 0.29) is 28.2 Å². The molecule has 4 heterocycles. The van der Waals surface area contributed by atoms with Crippen LogP contribution in [0.2, 0.25) is 0 Å². The van der Waals surface area contributed by atoms with Crippen LogP contribution >= 0.6 is 11.3 Å². The van der Waals surface area contributed by atoms with Crippen molar-refractivity contribution in [2.75, 3.05) is 25.4 Å². The molecule has 2 aliphatic rings. The minimum Gasteiger partial charge on any atom is -0.463 e. The molecule has 2 aliphatic heterocycles. The van der Waals surface area contributed by atoms with E-state index in [0.29, 0.717) is 5.76 Å². The summed E-state index contributed by atoms with van der Waals surface area (Å²) in [6, 6.07) is -1.13. The van der Waals surface area contributed by atoms with Crippen LogP contribution in [0, 0.1) is 0 Å². The number of thiazole rings is 1. The molecule has 2 aromatic rings. The van der Waals surface area contributed by atoms with Gasteiger partial charge in [-0.25, -0.2) is 28.8 Å². The van der Waals surface area contributed by atoms with Crippen molar-refractivity contribution >= 4 is 56.9 Å². The summed E-state index contributed by atoms with van der Waals surface area (Å²) in [6.45, 7) is -0.430. The van der Waals surface area contributed by atoms with Gasteiger partial charge in [-0.3, -0.25) is 14.1 Å². The molecule has 0 saturated carbocycles. The lowest BCUT2D eigenvalue weighted by molar-refractivity contribution is -0.141. The van der Waals surface area contributed by atoms with E-state index < -0.39 is 52.8 Å². The van der Waals surface area contributed by atoms with E-state index in [1.54, 1.807) is 12.1 Å². The highest BCUT2D eigenvalue weighted by atomic mass is 32.2. The first-order valence-corrected chi connectivity index (χ1v) is 12.1. The average molecular weight is 527 g/mol. The van der Waals surface area contributed by atoms with Gasteiger partial charge in [-0.05, 0) is 12.1 Å². The van der Waals surface area contributed by atoms with Gasteiger partial charge in [0.25, 0.3) is 5.91 Å². The topological polar surface area (TPSA) is 221 Å². The number of anilines is 1. The number of hydrazone groups is 1.